The number of carbonyl (C=O) groups is 5. The lowest BCUT2D eigenvalue weighted by molar-refractivity contribution is -0.133. The molecule has 0 saturated heterocycles. The van der Waals surface area contributed by atoms with Gasteiger partial charge in [-0.05, 0) is 41.4 Å². The highest BCUT2D eigenvalue weighted by Crippen LogP contribution is 2.23. The molecule has 0 aliphatic rings. The van der Waals surface area contributed by atoms with Crippen LogP contribution in [-0.4, -0.2) is 71.5 Å². The lowest BCUT2D eigenvalue weighted by atomic mass is 9.71. The first-order chi connectivity index (χ1) is 21.7. The number of nitrogens with one attached hydrogen (secondary N) is 2. The van der Waals surface area contributed by atoms with Crippen LogP contribution in [0.1, 0.15) is 63.7 Å². The van der Waals surface area contributed by atoms with Crippen LogP contribution >= 0.6 is 11.6 Å². The van der Waals surface area contributed by atoms with Gasteiger partial charge >= 0.3 is 7.12 Å². The van der Waals surface area contributed by atoms with E-state index in [4.69, 9.17) is 23.1 Å². The Morgan fingerprint density at radius 1 is 0.739 bits per heavy atom. The Morgan fingerprint density at radius 2 is 1.26 bits per heavy atom. The first-order valence-electron chi connectivity index (χ1n) is 15.5. The van der Waals surface area contributed by atoms with Crippen LogP contribution in [0.3, 0.4) is 0 Å². The van der Waals surface area contributed by atoms with Crippen LogP contribution in [-0.2, 0) is 19.2 Å². The highest BCUT2D eigenvalue weighted by Gasteiger charge is 2.31. The first-order valence-corrected chi connectivity index (χ1v) is 15.9. The maximum absolute atomic E-state index is 13.1. The summed E-state index contributed by atoms with van der Waals surface area (Å²) < 4.78 is 0. The van der Waals surface area contributed by atoms with Gasteiger partial charge < -0.3 is 32.1 Å². The number of Topliss-reactive ketones (excluding diaryl/α,β-unsaturated/α-hetero) is 3. The fraction of sp³-hybridized carbons (Fsp3) is 0.485. The molecule has 0 radical (unpaired) electrons. The van der Waals surface area contributed by atoms with Crippen LogP contribution in [0.15, 0.2) is 48.5 Å². The summed E-state index contributed by atoms with van der Waals surface area (Å²) in [6.07, 6.45) is -0.227. The molecule has 46 heavy (non-hydrogen) atoms. The molecule has 0 aliphatic carbocycles. The number of ketones is 3. The van der Waals surface area contributed by atoms with Gasteiger partial charge in [-0.25, -0.2) is 0 Å². The molecule has 2 aromatic rings. The molecule has 0 fully saturated rings. The van der Waals surface area contributed by atoms with E-state index < -0.39 is 54.5 Å². The van der Waals surface area contributed by atoms with Gasteiger partial charge in [-0.1, -0.05) is 75.7 Å². The van der Waals surface area contributed by atoms with Gasteiger partial charge in [0.2, 0.25) is 11.8 Å². The van der Waals surface area contributed by atoms with Gasteiger partial charge in [0.15, 0.2) is 17.3 Å². The van der Waals surface area contributed by atoms with Crippen molar-refractivity contribution in [3.63, 3.8) is 0 Å². The highest BCUT2D eigenvalue weighted by atomic mass is 35.5. The molecular weight excluding hydrogens is 611 g/mol. The average molecular weight is 657 g/mol. The third kappa shape index (κ3) is 12.1. The van der Waals surface area contributed by atoms with Gasteiger partial charge in [0, 0.05) is 48.9 Å². The van der Waals surface area contributed by atoms with Gasteiger partial charge in [0.05, 0.1) is 18.0 Å². The van der Waals surface area contributed by atoms with E-state index in [2.05, 4.69) is 10.6 Å². The highest BCUT2D eigenvalue weighted by molar-refractivity contribution is 6.43. The van der Waals surface area contributed by atoms with Gasteiger partial charge in [-0.15, -0.1) is 0 Å². The molecule has 0 saturated carbocycles. The van der Waals surface area contributed by atoms with E-state index >= 15 is 0 Å². The van der Waals surface area contributed by atoms with Gasteiger partial charge in [-0.3, -0.25) is 24.0 Å². The van der Waals surface area contributed by atoms with Crippen molar-refractivity contribution in [2.75, 3.05) is 13.1 Å². The number of hydrogen-bond acceptors (Lipinski definition) is 9. The second kappa shape index (κ2) is 18.7. The van der Waals surface area contributed by atoms with E-state index in [0.29, 0.717) is 17.0 Å². The third-order valence-corrected chi connectivity index (χ3v) is 8.06. The summed E-state index contributed by atoms with van der Waals surface area (Å²) in [7, 11) is -1.66. The summed E-state index contributed by atoms with van der Waals surface area (Å²) in [4.78, 5) is 64.8. The predicted octanol–water partition coefficient (Wildman–Crippen LogP) is 2.55. The summed E-state index contributed by atoms with van der Waals surface area (Å²) in [6, 6.07) is 12.3. The fourth-order valence-electron chi connectivity index (χ4n) is 4.83. The van der Waals surface area contributed by atoms with Crippen molar-refractivity contribution in [1.82, 2.24) is 10.6 Å². The molecule has 0 aliphatic heterocycles. The molecule has 8 N–H and O–H groups in total. The molecular formula is C33H46BClN4O7. The standard InChI is InChI=1S/C33H46BClN4O7/c1-19(2)13-27(31(42)15-21(4)34(45)46)38-32(43)20(3)14-30(41)28(18-37)39-33(44)25(17-36)16-29(40)24-7-5-22(6-8-24)23-9-11-26(35)12-10-23/h5-12,19-21,25,27-28,45-46H,13-18,36-37H2,1-4H3,(H,38,43)(H,39,44)/t20-,21-,25+,27+,28+/m1/s1. The van der Waals surface area contributed by atoms with Crippen molar-refractivity contribution >= 4 is 47.9 Å². The van der Waals surface area contributed by atoms with E-state index in [0.717, 1.165) is 11.1 Å². The first kappa shape index (κ1) is 38.8. The minimum atomic E-state index is -1.66. The van der Waals surface area contributed by atoms with Crippen LogP contribution < -0.4 is 22.1 Å². The number of amides is 2. The van der Waals surface area contributed by atoms with E-state index in [9.17, 15) is 34.0 Å². The molecule has 11 nitrogen and oxygen atoms in total. The smallest absolute Gasteiger partial charge is 0.427 e. The zero-order chi connectivity index (χ0) is 34.6. The molecule has 0 heterocycles. The molecule has 2 aromatic carbocycles. The molecule has 5 atom stereocenters. The SMILES string of the molecule is CC(C)C[C@H](NC(=O)[C@H](C)CC(=O)[C@H](CN)NC(=O)[C@H](CN)CC(=O)c1ccc(-c2ccc(Cl)cc2)cc1)C(=O)C[C@@H](C)B(O)O. The molecule has 250 valence electrons. The van der Waals surface area contributed by atoms with Crippen molar-refractivity contribution in [2.24, 2.45) is 29.2 Å². The van der Waals surface area contributed by atoms with Crippen molar-refractivity contribution in [1.29, 1.82) is 0 Å². The minimum Gasteiger partial charge on any atom is -0.427 e. The maximum Gasteiger partial charge on any atom is 0.454 e. The summed E-state index contributed by atoms with van der Waals surface area (Å²) in [5.74, 6) is -4.64. The zero-order valence-corrected chi connectivity index (χ0v) is 27.6. The van der Waals surface area contributed by atoms with Crippen molar-refractivity contribution < 1.29 is 34.0 Å². The molecule has 0 aromatic heterocycles. The predicted molar refractivity (Wildman–Crippen MR) is 179 cm³/mol. The Hall–Kier alpha value is -3.42. The Morgan fingerprint density at radius 3 is 1.76 bits per heavy atom. The number of carbonyl (C=O) groups excluding carboxylic acids is 5. The van der Waals surface area contributed by atoms with E-state index in [1.807, 2.05) is 26.0 Å². The Bertz CT molecular complexity index is 1340. The summed E-state index contributed by atoms with van der Waals surface area (Å²) in [5, 5.41) is 24.6. The van der Waals surface area contributed by atoms with Gasteiger partial charge in [-0.2, -0.15) is 0 Å². The molecule has 0 spiro atoms. The summed E-state index contributed by atoms with van der Waals surface area (Å²) in [6.45, 7) is 6.45. The minimum absolute atomic E-state index is 0.0634. The quantitative estimate of drug-likeness (QED) is 0.0970. The Kier molecular flexibility index (Phi) is 15.7. The lowest BCUT2D eigenvalue weighted by Crippen LogP contribution is -2.50. The molecule has 0 bridgehead atoms. The van der Waals surface area contributed by atoms with E-state index in [-0.39, 0.29) is 49.8 Å². The normalized spacial score (nSPS) is 14.5. The van der Waals surface area contributed by atoms with Crippen molar-refractivity contribution in [2.45, 2.75) is 71.3 Å². The Balaban J connectivity index is 1.98. The lowest BCUT2D eigenvalue weighted by Gasteiger charge is -2.24. The second-order valence-corrected chi connectivity index (χ2v) is 12.7. The molecule has 0 unspecified atom stereocenters. The number of hydrogen-bond donors (Lipinski definition) is 6. The largest absolute Gasteiger partial charge is 0.454 e. The zero-order valence-electron chi connectivity index (χ0n) is 26.9. The van der Waals surface area contributed by atoms with Crippen LogP contribution in [0.4, 0.5) is 0 Å². The summed E-state index contributed by atoms with van der Waals surface area (Å²) in [5.41, 5.74) is 13.9. The maximum atomic E-state index is 13.1. The molecule has 2 amide bonds. The fourth-order valence-corrected chi connectivity index (χ4v) is 4.96. The number of rotatable bonds is 19. The number of halogens is 1. The third-order valence-electron chi connectivity index (χ3n) is 7.81. The van der Waals surface area contributed by atoms with Crippen LogP contribution in [0.5, 0.6) is 0 Å². The molecule has 13 heteroatoms. The Labute approximate surface area is 276 Å². The van der Waals surface area contributed by atoms with Crippen molar-refractivity contribution in [3.8, 4) is 11.1 Å². The van der Waals surface area contributed by atoms with Gasteiger partial charge in [0.25, 0.3) is 0 Å². The summed E-state index contributed by atoms with van der Waals surface area (Å²) >= 11 is 5.95. The van der Waals surface area contributed by atoms with Gasteiger partial charge in [0.1, 0.15) is 0 Å². The van der Waals surface area contributed by atoms with Crippen LogP contribution in [0.25, 0.3) is 11.1 Å². The molecule has 2 rings (SSSR count). The monoisotopic (exact) mass is 656 g/mol. The van der Waals surface area contributed by atoms with Crippen molar-refractivity contribution in [3.05, 3.63) is 59.1 Å². The van der Waals surface area contributed by atoms with E-state index in [1.54, 1.807) is 36.4 Å². The van der Waals surface area contributed by atoms with E-state index in [1.165, 1.54) is 13.8 Å². The number of nitrogens with two attached hydrogens (primary N) is 2. The second-order valence-electron chi connectivity index (χ2n) is 12.3. The number of benzene rings is 2. The van der Waals surface area contributed by atoms with Crippen LogP contribution in [0.2, 0.25) is 10.8 Å². The van der Waals surface area contributed by atoms with Crippen LogP contribution in [0, 0.1) is 17.8 Å². The average Bonchev–Trinajstić information content (AvgIpc) is 3.01. The topological polar surface area (TPSA) is 202 Å².